The molecule has 28 heavy (non-hydrogen) atoms. The van der Waals surface area contributed by atoms with E-state index in [1.807, 2.05) is 5.32 Å². The number of carbonyl (C=O) groups is 5. The van der Waals surface area contributed by atoms with Crippen LogP contribution in [0.3, 0.4) is 0 Å². The average Bonchev–Trinajstić information content (AvgIpc) is 2.58. The van der Waals surface area contributed by atoms with Gasteiger partial charge >= 0.3 is 23.9 Å². The normalized spacial score (nSPS) is 10.6. The predicted molar refractivity (Wildman–Crippen MR) is 92.0 cm³/mol. The van der Waals surface area contributed by atoms with Gasteiger partial charge in [-0.1, -0.05) is 0 Å². The van der Waals surface area contributed by atoms with Crippen LogP contribution in [-0.4, -0.2) is 57.8 Å². The number of nitrogens with two attached hydrogens (primary N) is 1. The van der Waals surface area contributed by atoms with Gasteiger partial charge in [0.05, 0.1) is 6.42 Å². The summed E-state index contributed by atoms with van der Waals surface area (Å²) in [7, 11) is 0. The third kappa shape index (κ3) is 11.8. The number of hydrogen-bond acceptors (Lipinski definition) is 5. The zero-order valence-electron chi connectivity index (χ0n) is 14.6. The van der Waals surface area contributed by atoms with E-state index in [0.29, 0.717) is 5.56 Å². The van der Waals surface area contributed by atoms with Crippen molar-refractivity contribution in [3.05, 3.63) is 35.6 Å². The first kappa shape index (κ1) is 24.3. The molecule has 1 atom stereocenters. The van der Waals surface area contributed by atoms with Gasteiger partial charge in [-0.15, -0.1) is 0 Å². The highest BCUT2D eigenvalue weighted by molar-refractivity contribution is 5.92. The van der Waals surface area contributed by atoms with Crippen molar-refractivity contribution in [3.8, 4) is 0 Å². The van der Waals surface area contributed by atoms with Crippen LogP contribution in [0.5, 0.6) is 0 Å². The average molecular weight is 401 g/mol. The summed E-state index contributed by atoms with van der Waals surface area (Å²) in [4.78, 5) is 52.7. The Morgan fingerprint density at radius 3 is 1.93 bits per heavy atom. The lowest BCUT2D eigenvalue weighted by Gasteiger charge is -2.13. The second kappa shape index (κ2) is 12.6. The molecule has 0 bridgehead atoms. The largest absolute Gasteiger partial charge is 0.481 e. The quantitative estimate of drug-likeness (QED) is 0.332. The molecule has 1 aromatic carbocycles. The number of amides is 3. The molecule has 0 aromatic heterocycles. The van der Waals surface area contributed by atoms with Gasteiger partial charge in [-0.25, -0.2) is 14.0 Å². The first-order valence-electron chi connectivity index (χ1n) is 7.79. The first-order valence-corrected chi connectivity index (χ1v) is 7.79. The van der Waals surface area contributed by atoms with Crippen molar-refractivity contribution < 1.29 is 43.7 Å². The molecule has 0 radical (unpaired) electrons. The molecule has 0 spiro atoms. The molecule has 1 unspecified atom stereocenters. The molecule has 0 aliphatic carbocycles. The number of benzene rings is 1. The van der Waals surface area contributed by atoms with Gasteiger partial charge in [-0.3, -0.25) is 14.4 Å². The molecule has 3 amide bonds. The van der Waals surface area contributed by atoms with Gasteiger partial charge < -0.3 is 31.7 Å². The molecule has 12 heteroatoms. The van der Waals surface area contributed by atoms with Crippen molar-refractivity contribution in [2.24, 2.45) is 5.73 Å². The molecule has 0 saturated heterocycles. The van der Waals surface area contributed by atoms with Crippen LogP contribution in [0.15, 0.2) is 24.3 Å². The van der Waals surface area contributed by atoms with Crippen LogP contribution in [0, 0.1) is 5.82 Å². The summed E-state index contributed by atoms with van der Waals surface area (Å²) in [6.07, 6.45) is -0.941. The summed E-state index contributed by atoms with van der Waals surface area (Å²) in [5, 5.41) is 29.6. The second-order valence-corrected chi connectivity index (χ2v) is 5.24. The smallest absolute Gasteiger partial charge is 0.326 e. The van der Waals surface area contributed by atoms with Crippen molar-refractivity contribution in [2.75, 3.05) is 6.54 Å². The SMILES string of the molecule is NC(=O)c1ccc(F)cc1.O=C(O)CCNC(=O)NC(CCC(=O)O)C(=O)O. The topological polar surface area (TPSA) is 196 Å². The first-order chi connectivity index (χ1) is 13.0. The van der Waals surface area contributed by atoms with Gasteiger partial charge in [0.1, 0.15) is 11.9 Å². The van der Waals surface area contributed by atoms with Crippen LogP contribution >= 0.6 is 0 Å². The Balaban J connectivity index is 0.000000609. The minimum absolute atomic E-state index is 0.146. The molecule has 0 heterocycles. The molecule has 154 valence electrons. The van der Waals surface area contributed by atoms with E-state index in [4.69, 9.17) is 21.1 Å². The third-order valence-electron chi connectivity index (χ3n) is 3.00. The third-order valence-corrected chi connectivity index (χ3v) is 3.00. The van der Waals surface area contributed by atoms with E-state index in [9.17, 15) is 28.4 Å². The van der Waals surface area contributed by atoms with E-state index >= 15 is 0 Å². The van der Waals surface area contributed by atoms with Crippen LogP contribution in [0.2, 0.25) is 0 Å². The van der Waals surface area contributed by atoms with Crippen molar-refractivity contribution in [1.29, 1.82) is 0 Å². The molecule has 1 rings (SSSR count). The Bertz CT molecular complexity index is 708. The Hall–Kier alpha value is -3.70. The van der Waals surface area contributed by atoms with Crippen LogP contribution in [0.1, 0.15) is 29.6 Å². The molecule has 0 aliphatic rings. The van der Waals surface area contributed by atoms with E-state index in [0.717, 1.165) is 0 Å². The molecule has 0 aliphatic heterocycles. The summed E-state index contributed by atoms with van der Waals surface area (Å²) >= 11 is 0. The molecule has 7 N–H and O–H groups in total. The lowest BCUT2D eigenvalue weighted by molar-refractivity contribution is -0.141. The van der Waals surface area contributed by atoms with Crippen molar-refractivity contribution in [1.82, 2.24) is 10.6 Å². The lowest BCUT2D eigenvalue weighted by Crippen LogP contribution is -2.46. The number of hydrogen-bond donors (Lipinski definition) is 6. The predicted octanol–water partition coefficient (Wildman–Crippen LogP) is 0.00290. The van der Waals surface area contributed by atoms with Gasteiger partial charge in [0.2, 0.25) is 5.91 Å². The summed E-state index contributed by atoms with van der Waals surface area (Å²) < 4.78 is 12.2. The number of nitrogens with one attached hydrogen (secondary N) is 2. The van der Waals surface area contributed by atoms with E-state index in [1.165, 1.54) is 24.3 Å². The molecule has 11 nitrogen and oxygen atoms in total. The highest BCUT2D eigenvalue weighted by Crippen LogP contribution is 2.00. The highest BCUT2D eigenvalue weighted by atomic mass is 19.1. The summed E-state index contributed by atoms with van der Waals surface area (Å²) in [5.41, 5.74) is 5.22. The number of aliphatic carboxylic acids is 3. The van der Waals surface area contributed by atoms with Crippen molar-refractivity contribution in [2.45, 2.75) is 25.3 Å². The Morgan fingerprint density at radius 2 is 1.50 bits per heavy atom. The van der Waals surface area contributed by atoms with Crippen LogP contribution in [0.25, 0.3) is 0 Å². The number of halogens is 1. The maximum atomic E-state index is 12.2. The van der Waals surface area contributed by atoms with Crippen LogP contribution in [-0.2, 0) is 14.4 Å². The zero-order chi connectivity index (χ0) is 21.7. The highest BCUT2D eigenvalue weighted by Gasteiger charge is 2.20. The molecule has 0 saturated carbocycles. The maximum Gasteiger partial charge on any atom is 0.326 e. The molecule has 0 fully saturated rings. The van der Waals surface area contributed by atoms with E-state index in [1.54, 1.807) is 0 Å². The number of rotatable bonds is 9. The summed E-state index contributed by atoms with van der Waals surface area (Å²) in [6.45, 7) is -0.146. The van der Waals surface area contributed by atoms with Gasteiger partial charge in [-0.2, -0.15) is 0 Å². The van der Waals surface area contributed by atoms with E-state index in [-0.39, 0.29) is 25.2 Å². The van der Waals surface area contributed by atoms with Gasteiger partial charge in [0, 0.05) is 18.5 Å². The Morgan fingerprint density at radius 1 is 0.964 bits per heavy atom. The number of carboxylic acid groups (broad SMARTS) is 3. The monoisotopic (exact) mass is 401 g/mol. The summed E-state index contributed by atoms with van der Waals surface area (Å²) in [5.74, 6) is -4.54. The van der Waals surface area contributed by atoms with Crippen molar-refractivity contribution in [3.63, 3.8) is 0 Å². The lowest BCUT2D eigenvalue weighted by atomic mass is 10.1. The fourth-order valence-electron chi connectivity index (χ4n) is 1.63. The number of carbonyl (C=O) groups excluding carboxylic acids is 2. The number of primary amides is 1. The maximum absolute atomic E-state index is 12.2. The number of urea groups is 1. The van der Waals surface area contributed by atoms with E-state index in [2.05, 4.69) is 5.32 Å². The molecular weight excluding hydrogens is 381 g/mol. The van der Waals surface area contributed by atoms with Crippen LogP contribution < -0.4 is 16.4 Å². The second-order valence-electron chi connectivity index (χ2n) is 5.24. The Labute approximate surface area is 158 Å². The fraction of sp³-hybridized carbons (Fsp3) is 0.312. The minimum atomic E-state index is -1.36. The molecular formula is C16H20FN3O8. The molecule has 1 aromatic rings. The van der Waals surface area contributed by atoms with Gasteiger partial charge in [0.25, 0.3) is 0 Å². The minimum Gasteiger partial charge on any atom is -0.481 e. The number of carboxylic acids is 3. The van der Waals surface area contributed by atoms with Gasteiger partial charge in [0.15, 0.2) is 0 Å². The van der Waals surface area contributed by atoms with Crippen LogP contribution in [0.4, 0.5) is 9.18 Å². The van der Waals surface area contributed by atoms with E-state index < -0.39 is 42.3 Å². The standard InChI is InChI=1S/C9H14N2O7.C7H6FNO/c12-6(13)2-1-5(8(16)17)11-9(18)10-4-3-7(14)15;8-6-3-1-5(2-4-6)7(9)10/h5H,1-4H2,(H,12,13)(H,14,15)(H,16,17)(H2,10,11,18);1-4H,(H2,9,10). The fourth-order valence-corrected chi connectivity index (χ4v) is 1.63. The van der Waals surface area contributed by atoms with Crippen molar-refractivity contribution >= 4 is 29.8 Å². The van der Waals surface area contributed by atoms with Gasteiger partial charge in [-0.05, 0) is 30.7 Å². The Kier molecular flexibility index (Phi) is 11.0. The summed E-state index contributed by atoms with van der Waals surface area (Å²) in [6, 6.07) is 2.90. The zero-order valence-corrected chi connectivity index (χ0v) is 14.6.